The van der Waals surface area contributed by atoms with Crippen molar-refractivity contribution in [2.45, 2.75) is 17.8 Å². The third-order valence-corrected chi connectivity index (χ3v) is 5.68. The Kier molecular flexibility index (Phi) is 4.49. The minimum Gasteiger partial charge on any atom is -0.493 e. The van der Waals surface area contributed by atoms with Gasteiger partial charge in [0, 0.05) is 31.7 Å². The van der Waals surface area contributed by atoms with Crippen LogP contribution in [0.1, 0.15) is 23.2 Å². The fourth-order valence-corrected chi connectivity index (χ4v) is 4.24. The molecule has 2 aliphatic heterocycles. The average molecular weight is 323 g/mol. The number of carbonyl (C=O) groups is 1. The monoisotopic (exact) mass is 323 g/mol. The van der Waals surface area contributed by atoms with Gasteiger partial charge in [0.2, 0.25) is 0 Å². The molecule has 0 aliphatic carbocycles. The first-order valence-corrected chi connectivity index (χ1v) is 8.46. The predicted octanol–water partition coefficient (Wildman–Crippen LogP) is 2.40. The number of hydrogen-bond acceptors (Lipinski definition) is 5. The molecule has 120 valence electrons. The average Bonchev–Trinajstić information content (AvgIpc) is 3.02. The van der Waals surface area contributed by atoms with Gasteiger partial charge >= 0.3 is 0 Å². The highest BCUT2D eigenvalue weighted by Crippen LogP contribution is 2.42. The van der Waals surface area contributed by atoms with Gasteiger partial charge in [-0.25, -0.2) is 0 Å². The number of benzene rings is 1. The minimum absolute atomic E-state index is 0.00593. The number of carbonyl (C=O) groups excluding carboxylic acids is 1. The Morgan fingerprint density at radius 2 is 2.05 bits per heavy atom. The summed E-state index contributed by atoms with van der Waals surface area (Å²) in [4.78, 5) is 14.6. The molecule has 1 spiro atoms. The van der Waals surface area contributed by atoms with E-state index in [4.69, 9.17) is 14.2 Å². The number of para-hydroxylation sites is 1. The number of ether oxygens (including phenoxy) is 3. The van der Waals surface area contributed by atoms with E-state index < -0.39 is 0 Å². The fraction of sp³-hybridized carbons (Fsp3) is 0.562. The van der Waals surface area contributed by atoms with Gasteiger partial charge in [0.25, 0.3) is 5.91 Å². The molecule has 0 N–H and O–H groups in total. The SMILES string of the molecule is COc1cccc(C(=O)N2CCC3(CC2)OCCS3)c1OC. The van der Waals surface area contributed by atoms with Gasteiger partial charge in [0.1, 0.15) is 4.93 Å². The minimum atomic E-state index is -0.0603. The molecule has 0 radical (unpaired) electrons. The van der Waals surface area contributed by atoms with Crippen molar-refractivity contribution >= 4 is 17.7 Å². The lowest BCUT2D eigenvalue weighted by molar-refractivity contribution is 0.00345. The van der Waals surface area contributed by atoms with E-state index in [1.165, 1.54) is 0 Å². The second-order valence-corrected chi connectivity index (χ2v) is 6.88. The summed E-state index contributed by atoms with van der Waals surface area (Å²) in [6.07, 6.45) is 1.77. The molecular formula is C16H21NO4S. The molecule has 0 atom stereocenters. The molecule has 2 heterocycles. The highest BCUT2D eigenvalue weighted by Gasteiger charge is 2.40. The van der Waals surface area contributed by atoms with E-state index in [1.807, 2.05) is 22.7 Å². The number of hydrogen-bond donors (Lipinski definition) is 0. The van der Waals surface area contributed by atoms with Crippen molar-refractivity contribution in [3.05, 3.63) is 23.8 Å². The van der Waals surface area contributed by atoms with Crippen LogP contribution >= 0.6 is 11.8 Å². The summed E-state index contributed by atoms with van der Waals surface area (Å²) in [5, 5.41) is 0. The highest BCUT2D eigenvalue weighted by atomic mass is 32.2. The van der Waals surface area contributed by atoms with Crippen LogP contribution in [0, 0.1) is 0 Å². The topological polar surface area (TPSA) is 48.0 Å². The first-order valence-electron chi connectivity index (χ1n) is 7.47. The fourth-order valence-electron chi connectivity index (χ4n) is 3.06. The summed E-state index contributed by atoms with van der Waals surface area (Å²) in [6, 6.07) is 5.40. The number of rotatable bonds is 3. The van der Waals surface area contributed by atoms with Crippen molar-refractivity contribution < 1.29 is 19.0 Å². The lowest BCUT2D eigenvalue weighted by Gasteiger charge is -2.38. The highest BCUT2D eigenvalue weighted by molar-refractivity contribution is 8.00. The van der Waals surface area contributed by atoms with E-state index in [-0.39, 0.29) is 10.8 Å². The summed E-state index contributed by atoms with van der Waals surface area (Å²) in [6.45, 7) is 2.25. The van der Waals surface area contributed by atoms with Crippen LogP contribution in [0.15, 0.2) is 18.2 Å². The number of amides is 1. The molecule has 2 fully saturated rings. The van der Waals surface area contributed by atoms with Crippen molar-refractivity contribution in [2.75, 3.05) is 39.7 Å². The van der Waals surface area contributed by atoms with Gasteiger partial charge in [-0.2, -0.15) is 0 Å². The Balaban J connectivity index is 1.75. The maximum Gasteiger partial charge on any atom is 0.257 e. The second kappa shape index (κ2) is 6.38. The molecule has 3 rings (SSSR count). The molecular weight excluding hydrogens is 302 g/mol. The van der Waals surface area contributed by atoms with E-state index in [2.05, 4.69) is 0 Å². The van der Waals surface area contributed by atoms with Crippen LogP contribution in [0.25, 0.3) is 0 Å². The zero-order chi connectivity index (χ0) is 15.6. The molecule has 2 aliphatic rings. The van der Waals surface area contributed by atoms with Gasteiger partial charge in [-0.15, -0.1) is 11.8 Å². The van der Waals surface area contributed by atoms with Gasteiger partial charge in [-0.05, 0) is 12.1 Å². The van der Waals surface area contributed by atoms with Gasteiger partial charge in [0.05, 0.1) is 26.4 Å². The third-order valence-electron chi connectivity index (χ3n) is 4.26. The molecule has 0 aromatic heterocycles. The standard InChI is InChI=1S/C16H21NO4S/c1-19-13-5-3-4-12(14(13)20-2)15(18)17-8-6-16(7-9-17)21-10-11-22-16/h3-5H,6-11H2,1-2H3. The lowest BCUT2D eigenvalue weighted by Crippen LogP contribution is -2.45. The first-order chi connectivity index (χ1) is 10.7. The first kappa shape index (κ1) is 15.5. The van der Waals surface area contributed by atoms with Crippen LogP contribution in [0.2, 0.25) is 0 Å². The summed E-state index contributed by atoms with van der Waals surface area (Å²) in [5.74, 6) is 2.13. The molecule has 6 heteroatoms. The summed E-state index contributed by atoms with van der Waals surface area (Å²) in [5.41, 5.74) is 0.554. The van der Waals surface area contributed by atoms with Crippen LogP contribution in [0.3, 0.4) is 0 Å². The van der Waals surface area contributed by atoms with Crippen LogP contribution in [0.5, 0.6) is 11.5 Å². The van der Waals surface area contributed by atoms with E-state index in [0.717, 1.165) is 25.2 Å². The van der Waals surface area contributed by atoms with Crippen LogP contribution in [0.4, 0.5) is 0 Å². The molecule has 1 aromatic rings. The van der Waals surface area contributed by atoms with Crippen molar-refractivity contribution in [2.24, 2.45) is 0 Å². The molecule has 1 aromatic carbocycles. The molecule has 2 saturated heterocycles. The second-order valence-electron chi connectivity index (χ2n) is 5.44. The van der Waals surface area contributed by atoms with Gasteiger partial charge in [0.15, 0.2) is 11.5 Å². The van der Waals surface area contributed by atoms with E-state index in [0.29, 0.717) is 30.2 Å². The molecule has 0 bridgehead atoms. The van der Waals surface area contributed by atoms with Crippen molar-refractivity contribution in [1.82, 2.24) is 4.90 Å². The normalized spacial score (nSPS) is 20.2. The largest absolute Gasteiger partial charge is 0.493 e. The lowest BCUT2D eigenvalue weighted by atomic mass is 10.0. The summed E-state index contributed by atoms with van der Waals surface area (Å²) >= 11 is 1.88. The van der Waals surface area contributed by atoms with Gasteiger partial charge in [-0.1, -0.05) is 6.07 Å². The van der Waals surface area contributed by atoms with Gasteiger partial charge < -0.3 is 19.1 Å². The Morgan fingerprint density at radius 1 is 1.27 bits per heavy atom. The molecule has 22 heavy (non-hydrogen) atoms. The van der Waals surface area contributed by atoms with E-state index in [9.17, 15) is 4.79 Å². The van der Waals surface area contributed by atoms with Crippen molar-refractivity contribution in [3.63, 3.8) is 0 Å². The van der Waals surface area contributed by atoms with Crippen LogP contribution in [-0.2, 0) is 4.74 Å². The number of methoxy groups -OCH3 is 2. The number of likely N-dealkylation sites (tertiary alicyclic amines) is 1. The zero-order valence-electron chi connectivity index (χ0n) is 13.0. The maximum atomic E-state index is 12.8. The molecule has 5 nitrogen and oxygen atoms in total. The van der Waals surface area contributed by atoms with Crippen molar-refractivity contribution in [1.29, 1.82) is 0 Å². The zero-order valence-corrected chi connectivity index (χ0v) is 13.8. The smallest absolute Gasteiger partial charge is 0.257 e. The van der Waals surface area contributed by atoms with Gasteiger partial charge in [-0.3, -0.25) is 4.79 Å². The molecule has 0 saturated carbocycles. The number of thioether (sulfide) groups is 1. The van der Waals surface area contributed by atoms with E-state index >= 15 is 0 Å². The third kappa shape index (κ3) is 2.77. The Morgan fingerprint density at radius 3 is 2.64 bits per heavy atom. The summed E-state index contributed by atoms with van der Waals surface area (Å²) in [7, 11) is 3.13. The number of nitrogens with zero attached hydrogens (tertiary/aromatic N) is 1. The van der Waals surface area contributed by atoms with Crippen LogP contribution < -0.4 is 9.47 Å². The predicted molar refractivity (Wildman–Crippen MR) is 85.8 cm³/mol. The quantitative estimate of drug-likeness (QED) is 0.855. The Hall–Kier alpha value is -1.40. The maximum absolute atomic E-state index is 12.8. The Bertz CT molecular complexity index is 547. The van der Waals surface area contributed by atoms with Crippen molar-refractivity contribution in [3.8, 4) is 11.5 Å². The molecule has 0 unspecified atom stereocenters. The molecule has 1 amide bonds. The van der Waals surface area contributed by atoms with E-state index in [1.54, 1.807) is 26.4 Å². The number of piperidine rings is 1. The Labute approximate surface area is 134 Å². The summed E-state index contributed by atoms with van der Waals surface area (Å²) < 4.78 is 16.5. The van der Waals surface area contributed by atoms with Crippen LogP contribution in [-0.4, -0.2) is 55.4 Å².